The first-order valence-electron chi connectivity index (χ1n) is 5.49. The molecule has 0 bridgehead atoms. The van der Waals surface area contributed by atoms with Crippen molar-refractivity contribution in [3.05, 3.63) is 0 Å². The molecule has 0 saturated heterocycles. The molecule has 0 heterocycles. The molecule has 0 spiro atoms. The van der Waals surface area contributed by atoms with Gasteiger partial charge in [0.05, 0.1) is 6.07 Å². The van der Waals surface area contributed by atoms with Crippen LogP contribution in [-0.4, -0.2) is 28.8 Å². The summed E-state index contributed by atoms with van der Waals surface area (Å²) in [5, 5.41) is 12.3. The molecule has 0 aromatic heterocycles. The van der Waals surface area contributed by atoms with E-state index in [2.05, 4.69) is 11.4 Å². The molecule has 0 aromatic rings. The van der Waals surface area contributed by atoms with Crippen LogP contribution in [0.15, 0.2) is 0 Å². The molecule has 4 heteroatoms. The first-order valence-corrected chi connectivity index (χ1v) is 7.12. The van der Waals surface area contributed by atoms with Crippen LogP contribution in [0.1, 0.15) is 32.6 Å². The fourth-order valence-electron chi connectivity index (χ4n) is 1.59. The average molecular weight is 228 g/mol. The van der Waals surface area contributed by atoms with Crippen LogP contribution in [0, 0.1) is 16.7 Å². The van der Waals surface area contributed by atoms with Gasteiger partial charge in [0.2, 0.25) is 0 Å². The summed E-state index contributed by atoms with van der Waals surface area (Å²) in [6.45, 7) is 3.87. The lowest BCUT2D eigenvalue weighted by Crippen LogP contribution is -2.27. The largest absolute Gasteiger partial charge is 0.316 e. The second-order valence-corrected chi connectivity index (χ2v) is 6.41. The number of nitrogens with zero attached hydrogens (tertiary/aromatic N) is 1. The average Bonchev–Trinajstić information content (AvgIpc) is 2.93. The molecule has 1 rings (SSSR count). The van der Waals surface area contributed by atoms with Gasteiger partial charge in [-0.2, -0.15) is 5.26 Å². The van der Waals surface area contributed by atoms with Gasteiger partial charge in [-0.1, -0.05) is 6.92 Å². The summed E-state index contributed by atoms with van der Waals surface area (Å²) in [6, 6.07) is 2.25. The molecule has 2 unspecified atom stereocenters. The van der Waals surface area contributed by atoms with Gasteiger partial charge in [-0.15, -0.1) is 0 Å². The lowest BCUT2D eigenvalue weighted by molar-refractivity contribution is 0.463. The monoisotopic (exact) mass is 228 g/mol. The molecule has 0 amide bonds. The molecule has 1 saturated carbocycles. The van der Waals surface area contributed by atoms with E-state index in [-0.39, 0.29) is 10.7 Å². The quantitative estimate of drug-likeness (QED) is 0.671. The Morgan fingerprint density at radius 3 is 2.73 bits per heavy atom. The zero-order valence-electron chi connectivity index (χ0n) is 9.58. The summed E-state index contributed by atoms with van der Waals surface area (Å²) < 4.78 is 11.1. The van der Waals surface area contributed by atoms with E-state index in [0.717, 1.165) is 19.5 Å². The van der Waals surface area contributed by atoms with Crippen molar-refractivity contribution in [1.82, 2.24) is 5.32 Å². The molecule has 0 aromatic carbocycles. The van der Waals surface area contributed by atoms with Crippen LogP contribution >= 0.6 is 0 Å². The van der Waals surface area contributed by atoms with Gasteiger partial charge < -0.3 is 5.32 Å². The molecule has 1 N–H and O–H groups in total. The number of nitrogens with one attached hydrogen (secondary N) is 1. The first kappa shape index (κ1) is 12.7. The van der Waals surface area contributed by atoms with Crippen molar-refractivity contribution >= 4 is 10.8 Å². The predicted octanol–water partition coefficient (Wildman–Crippen LogP) is 1.43. The summed E-state index contributed by atoms with van der Waals surface area (Å²) in [4.78, 5) is 0. The van der Waals surface area contributed by atoms with Gasteiger partial charge in [0, 0.05) is 35.3 Å². The molecule has 1 aliphatic rings. The minimum Gasteiger partial charge on any atom is -0.316 e. The molecule has 15 heavy (non-hydrogen) atoms. The van der Waals surface area contributed by atoms with Gasteiger partial charge in [0.15, 0.2) is 0 Å². The molecule has 0 radical (unpaired) electrons. The molecule has 2 atom stereocenters. The van der Waals surface area contributed by atoms with E-state index in [0.29, 0.717) is 6.42 Å². The van der Waals surface area contributed by atoms with Crippen LogP contribution < -0.4 is 5.32 Å². The van der Waals surface area contributed by atoms with Gasteiger partial charge >= 0.3 is 0 Å². The van der Waals surface area contributed by atoms with Gasteiger partial charge in [-0.25, -0.2) is 0 Å². The molecule has 0 aliphatic heterocycles. The standard InChI is InChI=1S/C11H20N2OS/c1-10(15(2)14)3-8-13-9-11(4-5-11)6-7-12/h10,13H,3-6,8-9H2,1-2H3. The lowest BCUT2D eigenvalue weighted by atomic mass is 10.0. The highest BCUT2D eigenvalue weighted by molar-refractivity contribution is 7.84. The zero-order chi connectivity index (χ0) is 11.3. The molecular weight excluding hydrogens is 208 g/mol. The summed E-state index contributed by atoms with van der Waals surface area (Å²) in [6.07, 6.45) is 5.75. The third-order valence-corrected chi connectivity index (χ3v) is 4.57. The Balaban J connectivity index is 2.07. The van der Waals surface area contributed by atoms with Crippen molar-refractivity contribution in [3.63, 3.8) is 0 Å². The van der Waals surface area contributed by atoms with E-state index in [1.165, 1.54) is 12.8 Å². The highest BCUT2D eigenvalue weighted by Crippen LogP contribution is 2.47. The van der Waals surface area contributed by atoms with Crippen molar-refractivity contribution in [2.45, 2.75) is 37.9 Å². The normalized spacial score (nSPS) is 21.7. The molecular formula is C11H20N2OS. The first-order chi connectivity index (χ1) is 7.09. The fourth-order valence-corrected chi connectivity index (χ4v) is 2.04. The maximum atomic E-state index is 11.1. The van der Waals surface area contributed by atoms with E-state index in [9.17, 15) is 4.21 Å². The van der Waals surface area contributed by atoms with Gasteiger partial charge in [-0.05, 0) is 31.2 Å². The Hall–Kier alpha value is -0.400. The zero-order valence-corrected chi connectivity index (χ0v) is 10.4. The minimum atomic E-state index is -0.715. The Kier molecular flexibility index (Phi) is 4.75. The second kappa shape index (κ2) is 5.62. The maximum Gasteiger partial charge on any atom is 0.0628 e. The lowest BCUT2D eigenvalue weighted by Gasteiger charge is -2.13. The van der Waals surface area contributed by atoms with E-state index >= 15 is 0 Å². The molecule has 1 fully saturated rings. The van der Waals surface area contributed by atoms with Crippen molar-refractivity contribution in [2.75, 3.05) is 19.3 Å². The van der Waals surface area contributed by atoms with Crippen molar-refractivity contribution in [3.8, 4) is 6.07 Å². The second-order valence-electron chi connectivity index (χ2n) is 4.61. The van der Waals surface area contributed by atoms with Crippen molar-refractivity contribution < 1.29 is 4.21 Å². The van der Waals surface area contributed by atoms with Gasteiger partial charge in [-0.3, -0.25) is 4.21 Å². The third kappa shape index (κ3) is 4.31. The topological polar surface area (TPSA) is 52.9 Å². The van der Waals surface area contributed by atoms with Crippen LogP contribution in [0.2, 0.25) is 0 Å². The van der Waals surface area contributed by atoms with Crippen LogP contribution in [0.25, 0.3) is 0 Å². The fraction of sp³-hybridized carbons (Fsp3) is 0.909. The summed E-state index contributed by atoms with van der Waals surface area (Å²) in [5.41, 5.74) is 0.281. The summed E-state index contributed by atoms with van der Waals surface area (Å²) >= 11 is 0. The van der Waals surface area contributed by atoms with Crippen LogP contribution in [0.5, 0.6) is 0 Å². The van der Waals surface area contributed by atoms with Gasteiger partial charge in [0.1, 0.15) is 0 Å². The summed E-state index contributed by atoms with van der Waals surface area (Å²) in [7, 11) is -0.715. The number of hydrogen-bond donors (Lipinski definition) is 1. The molecule has 3 nitrogen and oxygen atoms in total. The van der Waals surface area contributed by atoms with Gasteiger partial charge in [0.25, 0.3) is 0 Å². The Bertz CT molecular complexity index is 268. The van der Waals surface area contributed by atoms with E-state index in [1.54, 1.807) is 6.26 Å². The Morgan fingerprint density at radius 1 is 1.60 bits per heavy atom. The Labute approximate surface area is 94.7 Å². The summed E-state index contributed by atoms with van der Waals surface area (Å²) in [5.74, 6) is 0. The van der Waals surface area contributed by atoms with Crippen molar-refractivity contribution in [2.24, 2.45) is 5.41 Å². The number of rotatable bonds is 7. The SMILES string of the molecule is CC(CCNCC1(CC#N)CC1)S(C)=O. The highest BCUT2D eigenvalue weighted by atomic mass is 32.2. The molecule has 86 valence electrons. The minimum absolute atomic E-state index is 0.267. The van der Waals surface area contributed by atoms with E-state index < -0.39 is 10.8 Å². The van der Waals surface area contributed by atoms with Crippen LogP contribution in [0.4, 0.5) is 0 Å². The van der Waals surface area contributed by atoms with Crippen molar-refractivity contribution in [1.29, 1.82) is 5.26 Å². The smallest absolute Gasteiger partial charge is 0.0628 e. The third-order valence-electron chi connectivity index (χ3n) is 3.21. The maximum absolute atomic E-state index is 11.1. The van der Waals surface area contributed by atoms with Crippen LogP contribution in [0.3, 0.4) is 0 Å². The van der Waals surface area contributed by atoms with E-state index in [1.807, 2.05) is 6.92 Å². The Morgan fingerprint density at radius 2 is 2.27 bits per heavy atom. The highest BCUT2D eigenvalue weighted by Gasteiger charge is 2.41. The van der Waals surface area contributed by atoms with Crippen LogP contribution in [-0.2, 0) is 10.8 Å². The van der Waals surface area contributed by atoms with E-state index in [4.69, 9.17) is 5.26 Å². The number of nitriles is 1. The predicted molar refractivity (Wildman–Crippen MR) is 62.9 cm³/mol. The number of hydrogen-bond acceptors (Lipinski definition) is 3. The molecule has 1 aliphatic carbocycles.